The highest BCUT2D eigenvalue weighted by molar-refractivity contribution is 5.78. The topological polar surface area (TPSA) is 77.2 Å². The van der Waals surface area contributed by atoms with Crippen molar-refractivity contribution in [2.24, 2.45) is 0 Å². The molecule has 0 fully saturated rings. The Morgan fingerprint density at radius 3 is 2.89 bits per heavy atom. The number of carboxylic acid groups (broad SMARTS) is 1. The van der Waals surface area contributed by atoms with Gasteiger partial charge in [-0.3, -0.25) is 4.57 Å². The van der Waals surface area contributed by atoms with E-state index < -0.39 is 12.0 Å². The van der Waals surface area contributed by atoms with Crippen molar-refractivity contribution in [3.05, 3.63) is 23.7 Å². The molecule has 102 valence electrons. The Labute approximate surface area is 111 Å². The van der Waals surface area contributed by atoms with E-state index in [2.05, 4.69) is 9.97 Å². The van der Waals surface area contributed by atoms with Crippen LogP contribution in [0.3, 0.4) is 0 Å². The average Bonchev–Trinajstić information content (AvgIpc) is 2.68. The third kappa shape index (κ3) is 2.44. The standard InChI is InChI=1S/C13H17N3O3/c1-4-10(13(17)18)16-11(7-19-3)15-9-5-8(2)6-14-12(9)16/h5-6,10H,4,7H2,1-3H3,(H,17,18). The van der Waals surface area contributed by atoms with E-state index in [0.29, 0.717) is 23.4 Å². The summed E-state index contributed by atoms with van der Waals surface area (Å²) in [6.45, 7) is 4.02. The number of nitrogens with zero attached hydrogens (tertiary/aromatic N) is 3. The second-order valence-corrected chi connectivity index (χ2v) is 4.45. The van der Waals surface area contributed by atoms with Gasteiger partial charge in [0.1, 0.15) is 24.0 Å². The van der Waals surface area contributed by atoms with Crippen LogP contribution in [0.5, 0.6) is 0 Å². The quantitative estimate of drug-likeness (QED) is 0.891. The number of imidazole rings is 1. The fourth-order valence-electron chi connectivity index (χ4n) is 2.16. The highest BCUT2D eigenvalue weighted by Gasteiger charge is 2.24. The minimum absolute atomic E-state index is 0.263. The Kier molecular flexibility index (Phi) is 3.80. The van der Waals surface area contributed by atoms with Gasteiger partial charge in [0.2, 0.25) is 0 Å². The number of aliphatic carboxylic acids is 1. The summed E-state index contributed by atoms with van der Waals surface area (Å²) in [7, 11) is 1.56. The first-order valence-corrected chi connectivity index (χ1v) is 6.13. The van der Waals surface area contributed by atoms with Gasteiger partial charge in [0, 0.05) is 13.3 Å². The second-order valence-electron chi connectivity index (χ2n) is 4.45. The fraction of sp³-hybridized carbons (Fsp3) is 0.462. The summed E-state index contributed by atoms with van der Waals surface area (Å²) >= 11 is 0. The number of pyridine rings is 1. The molecular weight excluding hydrogens is 246 g/mol. The molecule has 0 radical (unpaired) electrons. The zero-order valence-corrected chi connectivity index (χ0v) is 11.3. The molecule has 1 unspecified atom stereocenters. The maximum absolute atomic E-state index is 11.4. The van der Waals surface area contributed by atoms with Crippen LogP contribution < -0.4 is 0 Å². The highest BCUT2D eigenvalue weighted by Crippen LogP contribution is 2.23. The van der Waals surface area contributed by atoms with Crippen molar-refractivity contribution < 1.29 is 14.6 Å². The highest BCUT2D eigenvalue weighted by atomic mass is 16.5. The third-order valence-electron chi connectivity index (χ3n) is 3.00. The van der Waals surface area contributed by atoms with Crippen molar-refractivity contribution in [1.29, 1.82) is 0 Å². The molecule has 6 nitrogen and oxygen atoms in total. The van der Waals surface area contributed by atoms with E-state index in [-0.39, 0.29) is 6.61 Å². The monoisotopic (exact) mass is 263 g/mol. The van der Waals surface area contributed by atoms with Crippen LogP contribution in [-0.4, -0.2) is 32.7 Å². The minimum Gasteiger partial charge on any atom is -0.480 e. The van der Waals surface area contributed by atoms with Gasteiger partial charge in [0.05, 0.1) is 0 Å². The summed E-state index contributed by atoms with van der Waals surface area (Å²) in [5.74, 6) is -0.300. The van der Waals surface area contributed by atoms with Gasteiger partial charge < -0.3 is 9.84 Å². The van der Waals surface area contributed by atoms with E-state index in [0.717, 1.165) is 5.56 Å². The molecule has 2 rings (SSSR count). The van der Waals surface area contributed by atoms with Crippen molar-refractivity contribution in [3.8, 4) is 0 Å². The Morgan fingerprint density at radius 2 is 2.32 bits per heavy atom. The predicted octanol–water partition coefficient (Wildman–Crippen LogP) is 1.92. The molecule has 0 aromatic carbocycles. The molecule has 0 aliphatic rings. The van der Waals surface area contributed by atoms with Crippen LogP contribution in [0.4, 0.5) is 0 Å². The van der Waals surface area contributed by atoms with Crippen molar-refractivity contribution >= 4 is 17.1 Å². The van der Waals surface area contributed by atoms with Gasteiger partial charge in [-0.2, -0.15) is 0 Å². The van der Waals surface area contributed by atoms with Crippen LogP contribution in [0.25, 0.3) is 11.2 Å². The molecule has 0 saturated carbocycles. The zero-order chi connectivity index (χ0) is 14.0. The summed E-state index contributed by atoms with van der Waals surface area (Å²) in [6, 6.07) is 1.22. The predicted molar refractivity (Wildman–Crippen MR) is 69.9 cm³/mol. The number of rotatable bonds is 5. The number of carboxylic acids is 1. The number of aromatic nitrogens is 3. The lowest BCUT2D eigenvalue weighted by Gasteiger charge is -2.15. The summed E-state index contributed by atoms with van der Waals surface area (Å²) in [4.78, 5) is 20.1. The Balaban J connectivity index is 2.67. The number of hydrogen-bond acceptors (Lipinski definition) is 4. The molecule has 2 heterocycles. The van der Waals surface area contributed by atoms with Gasteiger partial charge >= 0.3 is 5.97 Å². The number of fused-ring (bicyclic) bond motifs is 1. The number of ether oxygens (including phenoxy) is 1. The van der Waals surface area contributed by atoms with Crippen LogP contribution >= 0.6 is 0 Å². The lowest BCUT2D eigenvalue weighted by atomic mass is 10.2. The molecule has 0 saturated heterocycles. The number of carbonyl (C=O) groups is 1. The first-order valence-electron chi connectivity index (χ1n) is 6.13. The van der Waals surface area contributed by atoms with Crippen molar-refractivity contribution in [2.45, 2.75) is 32.9 Å². The maximum Gasteiger partial charge on any atom is 0.326 e. The smallest absolute Gasteiger partial charge is 0.326 e. The summed E-state index contributed by atoms with van der Waals surface area (Å²) < 4.78 is 6.75. The summed E-state index contributed by atoms with van der Waals surface area (Å²) in [6.07, 6.45) is 2.18. The molecule has 0 bridgehead atoms. The summed E-state index contributed by atoms with van der Waals surface area (Å²) in [5.41, 5.74) is 2.28. The van der Waals surface area contributed by atoms with E-state index in [9.17, 15) is 9.90 Å². The zero-order valence-electron chi connectivity index (χ0n) is 11.3. The van der Waals surface area contributed by atoms with Crippen molar-refractivity contribution in [2.75, 3.05) is 7.11 Å². The molecule has 19 heavy (non-hydrogen) atoms. The van der Waals surface area contributed by atoms with Gasteiger partial charge in [-0.1, -0.05) is 6.92 Å². The van der Waals surface area contributed by atoms with E-state index in [4.69, 9.17) is 4.74 Å². The van der Waals surface area contributed by atoms with Crippen LogP contribution in [0.15, 0.2) is 12.3 Å². The second kappa shape index (κ2) is 5.36. The maximum atomic E-state index is 11.4. The largest absolute Gasteiger partial charge is 0.480 e. The van der Waals surface area contributed by atoms with Crippen molar-refractivity contribution in [1.82, 2.24) is 14.5 Å². The van der Waals surface area contributed by atoms with E-state index in [1.807, 2.05) is 19.9 Å². The third-order valence-corrected chi connectivity index (χ3v) is 3.00. The molecular formula is C13H17N3O3. The van der Waals surface area contributed by atoms with E-state index in [1.165, 1.54) is 0 Å². The molecule has 0 amide bonds. The van der Waals surface area contributed by atoms with Crippen LogP contribution in [0, 0.1) is 6.92 Å². The van der Waals surface area contributed by atoms with Crippen LogP contribution in [-0.2, 0) is 16.1 Å². The molecule has 2 aromatic heterocycles. The molecule has 6 heteroatoms. The molecule has 0 aliphatic heterocycles. The average molecular weight is 263 g/mol. The van der Waals surface area contributed by atoms with Gasteiger partial charge in [-0.15, -0.1) is 0 Å². The lowest BCUT2D eigenvalue weighted by molar-refractivity contribution is -0.141. The van der Waals surface area contributed by atoms with Gasteiger partial charge in [0.15, 0.2) is 5.65 Å². The van der Waals surface area contributed by atoms with Crippen LogP contribution in [0.1, 0.15) is 30.8 Å². The first kappa shape index (κ1) is 13.5. The number of aryl methyl sites for hydroxylation is 1. The van der Waals surface area contributed by atoms with Gasteiger partial charge in [-0.25, -0.2) is 14.8 Å². The van der Waals surface area contributed by atoms with E-state index >= 15 is 0 Å². The van der Waals surface area contributed by atoms with Gasteiger partial charge in [0.25, 0.3) is 0 Å². The molecule has 2 aromatic rings. The van der Waals surface area contributed by atoms with E-state index in [1.54, 1.807) is 17.9 Å². The first-order chi connectivity index (χ1) is 9.08. The van der Waals surface area contributed by atoms with Crippen LogP contribution in [0.2, 0.25) is 0 Å². The minimum atomic E-state index is -0.887. The SMILES string of the molecule is CCC(C(=O)O)n1c(COC)nc2cc(C)cnc21. The summed E-state index contributed by atoms with van der Waals surface area (Å²) in [5, 5.41) is 9.33. The Hall–Kier alpha value is -1.95. The fourth-order valence-corrected chi connectivity index (χ4v) is 2.16. The molecule has 0 spiro atoms. The molecule has 1 N–H and O–H groups in total. The normalized spacial score (nSPS) is 12.8. The van der Waals surface area contributed by atoms with Gasteiger partial charge in [-0.05, 0) is 25.0 Å². The Bertz CT molecular complexity index is 606. The molecule has 0 aliphatic carbocycles. The van der Waals surface area contributed by atoms with Crippen molar-refractivity contribution in [3.63, 3.8) is 0 Å². The number of methoxy groups -OCH3 is 1. The number of hydrogen-bond donors (Lipinski definition) is 1. The lowest BCUT2D eigenvalue weighted by Crippen LogP contribution is -2.21. The molecule has 1 atom stereocenters. The Morgan fingerprint density at radius 1 is 1.58 bits per heavy atom.